The first-order valence-electron chi connectivity index (χ1n) is 11.7. The number of likely N-dealkylation sites (tertiary alicyclic amines) is 1. The van der Waals surface area contributed by atoms with Crippen molar-refractivity contribution in [3.05, 3.63) is 71.8 Å². The van der Waals surface area contributed by atoms with Crippen LogP contribution < -0.4 is 20.1 Å². The molecule has 3 amide bonds. The Hall–Kier alpha value is -4.02. The lowest BCUT2D eigenvalue weighted by molar-refractivity contribution is -0.137. The van der Waals surface area contributed by atoms with E-state index in [1.54, 1.807) is 18.2 Å². The third kappa shape index (κ3) is 6.04. The zero-order valence-corrected chi connectivity index (χ0v) is 19.8. The van der Waals surface area contributed by atoms with E-state index in [0.29, 0.717) is 29.9 Å². The molecular formula is C26H26F3N3O5. The fourth-order valence-corrected chi connectivity index (χ4v) is 4.36. The van der Waals surface area contributed by atoms with Gasteiger partial charge in [-0.25, -0.2) is 0 Å². The average Bonchev–Trinajstić information content (AvgIpc) is 3.37. The van der Waals surface area contributed by atoms with Crippen LogP contribution in [0.25, 0.3) is 0 Å². The lowest BCUT2D eigenvalue weighted by atomic mass is 9.88. The van der Waals surface area contributed by atoms with Crippen LogP contribution in [0, 0.1) is 5.92 Å². The number of alkyl halides is 3. The molecular weight excluding hydrogens is 491 g/mol. The lowest BCUT2D eigenvalue weighted by Gasteiger charge is -2.36. The largest absolute Gasteiger partial charge is 0.454 e. The van der Waals surface area contributed by atoms with E-state index < -0.39 is 23.7 Å². The van der Waals surface area contributed by atoms with Gasteiger partial charge in [0, 0.05) is 30.8 Å². The molecule has 0 spiro atoms. The van der Waals surface area contributed by atoms with Gasteiger partial charge in [-0.15, -0.1) is 6.58 Å². The normalized spacial score (nSPS) is 16.1. The standard InChI is InChI=1S/C26H26F3N3O5/c1-2-11-30-24(34)22(31-23(33)18-5-8-20-21(14-18)37-15-36-20)16-9-12-32(13-10-16)25(35)17-3-6-19(7-4-17)26(27,28)29/h2-8,14,16,22H,1,9-13,15H2,(H,30,34)(H,31,33). The Morgan fingerprint density at radius 3 is 2.32 bits per heavy atom. The van der Waals surface area contributed by atoms with Crippen LogP contribution >= 0.6 is 0 Å². The summed E-state index contributed by atoms with van der Waals surface area (Å²) in [6.07, 6.45) is -2.12. The van der Waals surface area contributed by atoms with E-state index in [1.807, 2.05) is 0 Å². The minimum absolute atomic E-state index is 0.0662. The average molecular weight is 518 g/mol. The van der Waals surface area contributed by atoms with Gasteiger partial charge in [0.05, 0.1) is 5.56 Å². The van der Waals surface area contributed by atoms with Crippen molar-refractivity contribution < 1.29 is 37.0 Å². The Morgan fingerprint density at radius 2 is 1.68 bits per heavy atom. The van der Waals surface area contributed by atoms with Gasteiger partial charge in [0.2, 0.25) is 12.7 Å². The van der Waals surface area contributed by atoms with Crippen LogP contribution in [0.4, 0.5) is 13.2 Å². The summed E-state index contributed by atoms with van der Waals surface area (Å²) in [5, 5.41) is 5.52. The molecule has 4 rings (SSSR count). The molecule has 1 unspecified atom stereocenters. The first-order chi connectivity index (χ1) is 17.7. The molecule has 1 saturated heterocycles. The van der Waals surface area contributed by atoms with Gasteiger partial charge in [-0.1, -0.05) is 6.08 Å². The van der Waals surface area contributed by atoms with E-state index in [9.17, 15) is 27.6 Å². The van der Waals surface area contributed by atoms with Crippen molar-refractivity contribution in [3.63, 3.8) is 0 Å². The highest BCUT2D eigenvalue weighted by Gasteiger charge is 2.35. The second-order valence-electron chi connectivity index (χ2n) is 8.76. The van der Waals surface area contributed by atoms with Gasteiger partial charge < -0.3 is 25.0 Å². The molecule has 0 aliphatic carbocycles. The molecule has 1 atom stereocenters. The number of hydrogen-bond acceptors (Lipinski definition) is 5. The van der Waals surface area contributed by atoms with Crippen LogP contribution in [-0.2, 0) is 11.0 Å². The van der Waals surface area contributed by atoms with Crippen LogP contribution in [0.1, 0.15) is 39.1 Å². The summed E-state index contributed by atoms with van der Waals surface area (Å²) < 4.78 is 49.0. The van der Waals surface area contributed by atoms with Crippen LogP contribution in [0.5, 0.6) is 11.5 Å². The number of hydrogen-bond donors (Lipinski definition) is 2. The fraction of sp³-hybridized carbons (Fsp3) is 0.346. The number of rotatable bonds is 7. The number of carbonyl (C=O) groups excluding carboxylic acids is 3. The quantitative estimate of drug-likeness (QED) is 0.549. The van der Waals surface area contributed by atoms with Crippen molar-refractivity contribution in [2.75, 3.05) is 26.4 Å². The molecule has 2 aliphatic rings. The van der Waals surface area contributed by atoms with Gasteiger partial charge in [-0.05, 0) is 61.2 Å². The topological polar surface area (TPSA) is 97.0 Å². The van der Waals surface area contributed by atoms with Crippen molar-refractivity contribution in [3.8, 4) is 11.5 Å². The number of fused-ring (bicyclic) bond motifs is 1. The third-order valence-corrected chi connectivity index (χ3v) is 6.38. The Labute approximate surface area is 211 Å². The highest BCUT2D eigenvalue weighted by molar-refractivity contribution is 5.98. The zero-order chi connectivity index (χ0) is 26.6. The molecule has 0 bridgehead atoms. The number of amides is 3. The SMILES string of the molecule is C=CCNC(=O)C(NC(=O)c1ccc2c(c1)OCO2)C1CCN(C(=O)c2ccc(C(F)(F)F)cc2)CC1. The second kappa shape index (κ2) is 10.9. The van der Waals surface area contributed by atoms with Crippen molar-refractivity contribution in [2.24, 2.45) is 5.92 Å². The number of carbonyl (C=O) groups is 3. The van der Waals surface area contributed by atoms with Crippen molar-refractivity contribution in [1.29, 1.82) is 0 Å². The fourth-order valence-electron chi connectivity index (χ4n) is 4.36. The van der Waals surface area contributed by atoms with Gasteiger partial charge in [0.15, 0.2) is 11.5 Å². The summed E-state index contributed by atoms with van der Waals surface area (Å²) in [5.41, 5.74) is -0.363. The highest BCUT2D eigenvalue weighted by atomic mass is 19.4. The number of ether oxygens (including phenoxy) is 2. The van der Waals surface area contributed by atoms with Crippen molar-refractivity contribution in [2.45, 2.75) is 25.1 Å². The maximum Gasteiger partial charge on any atom is 0.416 e. The molecule has 0 radical (unpaired) electrons. The van der Waals surface area contributed by atoms with E-state index in [0.717, 1.165) is 24.3 Å². The first kappa shape index (κ1) is 26.1. The predicted molar refractivity (Wildman–Crippen MR) is 127 cm³/mol. The van der Waals surface area contributed by atoms with Crippen LogP contribution in [0.3, 0.4) is 0 Å². The molecule has 11 heteroatoms. The number of benzene rings is 2. The number of halogens is 3. The van der Waals surface area contributed by atoms with E-state index in [2.05, 4.69) is 17.2 Å². The smallest absolute Gasteiger partial charge is 0.416 e. The maximum atomic E-state index is 13.0. The molecule has 37 heavy (non-hydrogen) atoms. The predicted octanol–water partition coefficient (Wildman–Crippen LogP) is 3.39. The lowest BCUT2D eigenvalue weighted by Crippen LogP contribution is -2.53. The number of nitrogens with zero attached hydrogens (tertiary/aromatic N) is 1. The molecule has 0 saturated carbocycles. The van der Waals surface area contributed by atoms with Crippen LogP contribution in [0.2, 0.25) is 0 Å². The summed E-state index contributed by atoms with van der Waals surface area (Å²) in [6, 6.07) is 7.96. The second-order valence-corrected chi connectivity index (χ2v) is 8.76. The summed E-state index contributed by atoms with van der Waals surface area (Å²) in [4.78, 5) is 40.3. The summed E-state index contributed by atoms with van der Waals surface area (Å²) in [7, 11) is 0. The molecule has 2 aromatic carbocycles. The molecule has 2 aromatic rings. The van der Waals surface area contributed by atoms with Crippen molar-refractivity contribution in [1.82, 2.24) is 15.5 Å². The van der Waals surface area contributed by atoms with Gasteiger partial charge in [-0.2, -0.15) is 13.2 Å². The Morgan fingerprint density at radius 1 is 1.03 bits per heavy atom. The van der Waals surface area contributed by atoms with E-state index >= 15 is 0 Å². The van der Waals surface area contributed by atoms with Crippen LogP contribution in [-0.4, -0.2) is 55.1 Å². The monoisotopic (exact) mass is 517 g/mol. The molecule has 2 heterocycles. The number of piperidine rings is 1. The molecule has 2 aliphatic heterocycles. The Balaban J connectivity index is 1.42. The summed E-state index contributed by atoms with van der Waals surface area (Å²) in [6.45, 7) is 4.45. The summed E-state index contributed by atoms with van der Waals surface area (Å²) in [5.74, 6) is -0.511. The van der Waals surface area contributed by atoms with Gasteiger partial charge in [0.25, 0.3) is 11.8 Å². The zero-order valence-electron chi connectivity index (χ0n) is 19.8. The summed E-state index contributed by atoms with van der Waals surface area (Å²) >= 11 is 0. The Bertz CT molecular complexity index is 1170. The third-order valence-electron chi connectivity index (χ3n) is 6.38. The molecule has 2 N–H and O–H groups in total. The minimum Gasteiger partial charge on any atom is -0.454 e. The van der Waals surface area contributed by atoms with E-state index in [-0.39, 0.29) is 49.7 Å². The van der Waals surface area contributed by atoms with E-state index in [4.69, 9.17) is 9.47 Å². The van der Waals surface area contributed by atoms with Crippen molar-refractivity contribution >= 4 is 17.7 Å². The van der Waals surface area contributed by atoms with Gasteiger partial charge in [-0.3, -0.25) is 14.4 Å². The molecule has 0 aromatic heterocycles. The first-order valence-corrected chi connectivity index (χ1v) is 11.7. The maximum absolute atomic E-state index is 13.0. The Kier molecular flexibility index (Phi) is 7.70. The van der Waals surface area contributed by atoms with Gasteiger partial charge in [0.1, 0.15) is 6.04 Å². The molecule has 196 valence electrons. The van der Waals surface area contributed by atoms with Crippen LogP contribution in [0.15, 0.2) is 55.1 Å². The number of nitrogens with one attached hydrogen (secondary N) is 2. The minimum atomic E-state index is -4.48. The molecule has 8 nitrogen and oxygen atoms in total. The van der Waals surface area contributed by atoms with Gasteiger partial charge >= 0.3 is 6.18 Å². The highest BCUT2D eigenvalue weighted by Crippen LogP contribution is 2.33. The van der Waals surface area contributed by atoms with E-state index in [1.165, 1.54) is 11.0 Å². The molecule has 1 fully saturated rings.